The Morgan fingerprint density at radius 2 is 2.00 bits per heavy atom. The van der Waals surface area contributed by atoms with Gasteiger partial charge in [0.25, 0.3) is 0 Å². The Hall–Kier alpha value is -2.08. The quantitative estimate of drug-likeness (QED) is 0.903. The van der Waals surface area contributed by atoms with Crippen LogP contribution in [0.5, 0.6) is 5.88 Å². The molecule has 2 N–H and O–H groups in total. The first-order valence-corrected chi connectivity index (χ1v) is 5.18. The molecule has 18 heavy (non-hydrogen) atoms. The van der Waals surface area contributed by atoms with Crippen LogP contribution in [0.1, 0.15) is 17.3 Å². The molecule has 1 heterocycles. The van der Waals surface area contributed by atoms with Gasteiger partial charge in [-0.25, -0.2) is 18.7 Å². The van der Waals surface area contributed by atoms with Crippen LogP contribution in [0, 0.1) is 11.6 Å². The van der Waals surface area contributed by atoms with Gasteiger partial charge in [-0.05, 0) is 18.2 Å². The standard InChI is InChI=1S/C12H11F2N3O/c1-18-11-5-10(16-6-17-11)12(15)8-4-7(13)2-3-9(8)14/h2-6,12H,15H2,1H3. The van der Waals surface area contributed by atoms with Crippen LogP contribution >= 0.6 is 0 Å². The maximum Gasteiger partial charge on any atom is 0.216 e. The highest BCUT2D eigenvalue weighted by atomic mass is 19.1. The fraction of sp³-hybridized carbons (Fsp3) is 0.167. The summed E-state index contributed by atoms with van der Waals surface area (Å²) in [6.07, 6.45) is 1.26. The molecule has 1 unspecified atom stereocenters. The zero-order valence-corrected chi connectivity index (χ0v) is 9.60. The van der Waals surface area contributed by atoms with Crippen molar-refractivity contribution in [1.82, 2.24) is 9.97 Å². The third-order valence-electron chi connectivity index (χ3n) is 2.48. The van der Waals surface area contributed by atoms with Gasteiger partial charge in [-0.15, -0.1) is 0 Å². The summed E-state index contributed by atoms with van der Waals surface area (Å²) >= 11 is 0. The van der Waals surface area contributed by atoms with Gasteiger partial charge in [0.05, 0.1) is 18.8 Å². The van der Waals surface area contributed by atoms with E-state index >= 15 is 0 Å². The lowest BCUT2D eigenvalue weighted by Crippen LogP contribution is -2.15. The molecule has 0 saturated carbocycles. The van der Waals surface area contributed by atoms with Gasteiger partial charge in [0.15, 0.2) is 0 Å². The van der Waals surface area contributed by atoms with Crippen molar-refractivity contribution >= 4 is 0 Å². The molecule has 0 fully saturated rings. The Labute approximate surface area is 102 Å². The number of methoxy groups -OCH3 is 1. The predicted octanol–water partition coefficient (Wildman–Crippen LogP) is 1.81. The number of nitrogens with zero attached hydrogens (tertiary/aromatic N) is 2. The van der Waals surface area contributed by atoms with E-state index in [1.54, 1.807) is 0 Å². The van der Waals surface area contributed by atoms with Gasteiger partial charge in [-0.2, -0.15) is 0 Å². The van der Waals surface area contributed by atoms with E-state index in [0.717, 1.165) is 18.2 Å². The van der Waals surface area contributed by atoms with Crippen molar-refractivity contribution in [1.29, 1.82) is 0 Å². The van der Waals surface area contributed by atoms with E-state index in [2.05, 4.69) is 9.97 Å². The fourth-order valence-corrected chi connectivity index (χ4v) is 1.55. The lowest BCUT2D eigenvalue weighted by molar-refractivity contribution is 0.395. The minimum absolute atomic E-state index is 0.0377. The second-order valence-electron chi connectivity index (χ2n) is 3.63. The maximum atomic E-state index is 13.6. The van der Waals surface area contributed by atoms with Crippen molar-refractivity contribution in [3.05, 3.63) is 53.5 Å². The summed E-state index contributed by atoms with van der Waals surface area (Å²) in [4.78, 5) is 7.75. The number of halogens is 2. The number of hydrogen-bond acceptors (Lipinski definition) is 4. The second kappa shape index (κ2) is 5.05. The molecule has 0 saturated heterocycles. The largest absolute Gasteiger partial charge is 0.481 e. The zero-order chi connectivity index (χ0) is 13.1. The molecule has 6 heteroatoms. The SMILES string of the molecule is COc1cc(C(N)c2cc(F)ccc2F)ncn1. The van der Waals surface area contributed by atoms with E-state index < -0.39 is 17.7 Å². The van der Waals surface area contributed by atoms with Gasteiger partial charge in [0.2, 0.25) is 5.88 Å². The van der Waals surface area contributed by atoms with Crippen LogP contribution < -0.4 is 10.5 Å². The summed E-state index contributed by atoms with van der Waals surface area (Å²) in [5, 5.41) is 0. The average Bonchev–Trinajstić information content (AvgIpc) is 2.41. The van der Waals surface area contributed by atoms with Crippen molar-refractivity contribution in [2.24, 2.45) is 5.73 Å². The van der Waals surface area contributed by atoms with Crippen molar-refractivity contribution < 1.29 is 13.5 Å². The molecule has 0 spiro atoms. The summed E-state index contributed by atoms with van der Waals surface area (Å²) in [5.41, 5.74) is 6.25. The number of rotatable bonds is 3. The Morgan fingerprint density at radius 3 is 2.72 bits per heavy atom. The molecule has 4 nitrogen and oxygen atoms in total. The molecule has 0 aliphatic heterocycles. The van der Waals surface area contributed by atoms with Crippen LogP contribution in [0.25, 0.3) is 0 Å². The lowest BCUT2D eigenvalue weighted by Gasteiger charge is -2.12. The highest BCUT2D eigenvalue weighted by molar-refractivity contribution is 5.30. The van der Waals surface area contributed by atoms with Crippen LogP contribution in [0.2, 0.25) is 0 Å². The number of nitrogens with two attached hydrogens (primary N) is 1. The van der Waals surface area contributed by atoms with E-state index in [0.29, 0.717) is 11.6 Å². The van der Waals surface area contributed by atoms with Crippen molar-refractivity contribution in [2.75, 3.05) is 7.11 Å². The van der Waals surface area contributed by atoms with Crippen molar-refractivity contribution in [2.45, 2.75) is 6.04 Å². The summed E-state index contributed by atoms with van der Waals surface area (Å²) < 4.78 is 31.6. The van der Waals surface area contributed by atoms with E-state index in [1.165, 1.54) is 19.5 Å². The summed E-state index contributed by atoms with van der Waals surface area (Å²) in [6.45, 7) is 0. The Kier molecular flexibility index (Phi) is 3.47. The molecule has 0 aliphatic carbocycles. The highest BCUT2D eigenvalue weighted by Gasteiger charge is 2.16. The van der Waals surface area contributed by atoms with Crippen LogP contribution in [0.3, 0.4) is 0 Å². The number of aromatic nitrogens is 2. The Morgan fingerprint density at radius 1 is 1.22 bits per heavy atom. The van der Waals surface area contributed by atoms with E-state index in [4.69, 9.17) is 10.5 Å². The molecular formula is C12H11F2N3O. The first kappa shape index (κ1) is 12.4. The van der Waals surface area contributed by atoms with E-state index in [-0.39, 0.29) is 5.56 Å². The minimum atomic E-state index is -0.877. The molecule has 0 bridgehead atoms. The molecule has 0 aliphatic rings. The highest BCUT2D eigenvalue weighted by Crippen LogP contribution is 2.23. The minimum Gasteiger partial charge on any atom is -0.481 e. The molecular weight excluding hydrogens is 240 g/mol. The van der Waals surface area contributed by atoms with Gasteiger partial charge < -0.3 is 10.5 Å². The Balaban J connectivity index is 2.40. The normalized spacial score (nSPS) is 12.2. The van der Waals surface area contributed by atoms with Gasteiger partial charge >= 0.3 is 0 Å². The monoisotopic (exact) mass is 251 g/mol. The molecule has 1 aromatic carbocycles. The first-order chi connectivity index (χ1) is 8.61. The van der Waals surface area contributed by atoms with E-state index in [1.807, 2.05) is 0 Å². The summed E-state index contributed by atoms with van der Waals surface area (Å²) in [5.74, 6) is -0.823. The first-order valence-electron chi connectivity index (χ1n) is 5.18. The predicted molar refractivity (Wildman–Crippen MR) is 61.0 cm³/mol. The molecule has 1 atom stereocenters. The van der Waals surface area contributed by atoms with Gasteiger partial charge in [-0.1, -0.05) is 0 Å². The second-order valence-corrected chi connectivity index (χ2v) is 3.63. The summed E-state index contributed by atoms with van der Waals surface area (Å²) in [6, 6.07) is 3.72. The third-order valence-corrected chi connectivity index (χ3v) is 2.48. The average molecular weight is 251 g/mol. The smallest absolute Gasteiger partial charge is 0.216 e. The number of hydrogen-bond donors (Lipinski definition) is 1. The van der Waals surface area contributed by atoms with Crippen LogP contribution in [-0.4, -0.2) is 17.1 Å². The van der Waals surface area contributed by atoms with Gasteiger partial charge in [-0.3, -0.25) is 0 Å². The lowest BCUT2D eigenvalue weighted by atomic mass is 10.0. The number of benzene rings is 1. The zero-order valence-electron chi connectivity index (χ0n) is 9.60. The topological polar surface area (TPSA) is 61.0 Å². The Bertz CT molecular complexity index is 563. The van der Waals surface area contributed by atoms with Crippen molar-refractivity contribution in [3.8, 4) is 5.88 Å². The third kappa shape index (κ3) is 2.43. The van der Waals surface area contributed by atoms with Gasteiger partial charge in [0, 0.05) is 11.6 Å². The molecule has 2 aromatic rings. The van der Waals surface area contributed by atoms with Crippen LogP contribution in [0.4, 0.5) is 8.78 Å². The molecule has 2 rings (SSSR count). The summed E-state index contributed by atoms with van der Waals surface area (Å²) in [7, 11) is 1.44. The molecule has 94 valence electrons. The molecule has 0 radical (unpaired) electrons. The van der Waals surface area contributed by atoms with E-state index in [9.17, 15) is 8.78 Å². The van der Waals surface area contributed by atoms with Crippen LogP contribution in [-0.2, 0) is 0 Å². The maximum absolute atomic E-state index is 13.6. The fourth-order valence-electron chi connectivity index (χ4n) is 1.55. The van der Waals surface area contributed by atoms with Crippen LogP contribution in [0.15, 0.2) is 30.6 Å². The van der Waals surface area contributed by atoms with Gasteiger partial charge in [0.1, 0.15) is 18.0 Å². The molecule has 1 aromatic heterocycles. The van der Waals surface area contributed by atoms with Crippen molar-refractivity contribution in [3.63, 3.8) is 0 Å². The number of ether oxygens (including phenoxy) is 1. The molecule has 0 amide bonds.